The molecule has 0 saturated carbocycles. The summed E-state index contributed by atoms with van der Waals surface area (Å²) in [5.41, 5.74) is 0. The normalized spacial score (nSPS) is 13.2. The summed E-state index contributed by atoms with van der Waals surface area (Å²) in [5, 5.41) is 0. The van der Waals surface area contributed by atoms with Crippen LogP contribution in [0.2, 0.25) is 0 Å². The highest BCUT2D eigenvalue weighted by atomic mass is 32.1. The monoisotopic (exact) mass is 182 g/mol. The van der Waals surface area contributed by atoms with Crippen molar-refractivity contribution in [1.29, 1.82) is 0 Å². The summed E-state index contributed by atoms with van der Waals surface area (Å²) in [6.45, 7) is 6.74. The number of rotatable bonds is 4. The van der Waals surface area contributed by atoms with Crippen molar-refractivity contribution in [2.75, 3.05) is 0 Å². The smallest absolute Gasteiger partial charge is 0.00789 e. The third-order valence-corrected chi connectivity index (χ3v) is 3.46. The molecule has 0 radical (unpaired) electrons. The molecule has 1 atom stereocenters. The van der Waals surface area contributed by atoms with Crippen molar-refractivity contribution in [3.63, 3.8) is 0 Å². The largest absolute Gasteiger partial charge is 0.145 e. The second-order valence-electron chi connectivity index (χ2n) is 3.34. The zero-order chi connectivity index (χ0) is 8.97. The highest BCUT2D eigenvalue weighted by Gasteiger charge is 2.09. The Labute approximate surface area is 79.6 Å². The standard InChI is InChI=1S/C11H18S/c1-4-6-10(5-2)11-8-7-9(3)12-11/h7-8,10H,4-6H2,1-3H3. The van der Waals surface area contributed by atoms with E-state index in [1.807, 2.05) is 11.3 Å². The van der Waals surface area contributed by atoms with Crippen LogP contribution in [0.5, 0.6) is 0 Å². The lowest BCUT2D eigenvalue weighted by molar-refractivity contribution is 0.605. The van der Waals surface area contributed by atoms with Crippen molar-refractivity contribution in [2.24, 2.45) is 0 Å². The molecule has 0 spiro atoms. The van der Waals surface area contributed by atoms with E-state index in [9.17, 15) is 0 Å². The Morgan fingerprint density at radius 2 is 2.08 bits per heavy atom. The highest BCUT2D eigenvalue weighted by Crippen LogP contribution is 2.30. The van der Waals surface area contributed by atoms with Crippen molar-refractivity contribution in [1.82, 2.24) is 0 Å². The first-order chi connectivity index (χ1) is 5.77. The molecule has 0 aliphatic heterocycles. The van der Waals surface area contributed by atoms with E-state index < -0.39 is 0 Å². The summed E-state index contributed by atoms with van der Waals surface area (Å²) < 4.78 is 0. The van der Waals surface area contributed by atoms with Gasteiger partial charge in [0.05, 0.1) is 0 Å². The maximum absolute atomic E-state index is 2.30. The summed E-state index contributed by atoms with van der Waals surface area (Å²) in [6, 6.07) is 4.53. The third kappa shape index (κ3) is 2.34. The van der Waals surface area contributed by atoms with Gasteiger partial charge in [-0.15, -0.1) is 11.3 Å². The van der Waals surface area contributed by atoms with Crippen LogP contribution in [0.15, 0.2) is 12.1 Å². The quantitative estimate of drug-likeness (QED) is 0.649. The molecule has 0 fully saturated rings. The van der Waals surface area contributed by atoms with E-state index in [-0.39, 0.29) is 0 Å². The van der Waals surface area contributed by atoms with Gasteiger partial charge in [-0.25, -0.2) is 0 Å². The van der Waals surface area contributed by atoms with Crippen molar-refractivity contribution < 1.29 is 0 Å². The molecule has 68 valence electrons. The number of aryl methyl sites for hydroxylation is 1. The predicted octanol–water partition coefficient (Wildman–Crippen LogP) is 4.35. The van der Waals surface area contributed by atoms with Gasteiger partial charge in [-0.2, -0.15) is 0 Å². The first kappa shape index (κ1) is 9.79. The molecule has 0 bridgehead atoms. The van der Waals surface area contributed by atoms with Crippen LogP contribution in [0, 0.1) is 6.92 Å². The van der Waals surface area contributed by atoms with Gasteiger partial charge < -0.3 is 0 Å². The van der Waals surface area contributed by atoms with Gasteiger partial charge in [-0.1, -0.05) is 20.3 Å². The average molecular weight is 182 g/mol. The molecule has 12 heavy (non-hydrogen) atoms. The molecular weight excluding hydrogens is 164 g/mol. The van der Waals surface area contributed by atoms with E-state index in [2.05, 4.69) is 32.9 Å². The maximum atomic E-state index is 2.30. The first-order valence-corrected chi connectivity index (χ1v) is 5.65. The van der Waals surface area contributed by atoms with E-state index in [1.54, 1.807) is 4.88 Å². The fourth-order valence-electron chi connectivity index (χ4n) is 1.57. The maximum Gasteiger partial charge on any atom is 0.00789 e. The SMILES string of the molecule is CCCC(CC)c1ccc(C)s1. The zero-order valence-corrected chi connectivity index (χ0v) is 9.08. The summed E-state index contributed by atoms with van der Waals surface area (Å²) in [4.78, 5) is 3.02. The topological polar surface area (TPSA) is 0 Å². The summed E-state index contributed by atoms with van der Waals surface area (Å²) in [7, 11) is 0. The molecule has 1 aromatic heterocycles. The van der Waals surface area contributed by atoms with Crippen LogP contribution in [0.25, 0.3) is 0 Å². The number of hydrogen-bond donors (Lipinski definition) is 0. The molecular formula is C11H18S. The van der Waals surface area contributed by atoms with Crippen molar-refractivity contribution in [2.45, 2.75) is 46.0 Å². The molecule has 1 rings (SSSR count). The molecule has 0 aliphatic carbocycles. The predicted molar refractivity (Wildman–Crippen MR) is 57.0 cm³/mol. The van der Waals surface area contributed by atoms with Crippen molar-refractivity contribution in [3.8, 4) is 0 Å². The van der Waals surface area contributed by atoms with Gasteiger partial charge >= 0.3 is 0 Å². The Kier molecular flexibility index (Phi) is 3.80. The molecule has 0 aliphatic rings. The highest BCUT2D eigenvalue weighted by molar-refractivity contribution is 7.12. The molecule has 1 aromatic rings. The Bertz CT molecular complexity index is 225. The number of thiophene rings is 1. The average Bonchev–Trinajstić information content (AvgIpc) is 2.47. The lowest BCUT2D eigenvalue weighted by atomic mass is 9.99. The van der Waals surface area contributed by atoms with E-state index >= 15 is 0 Å². The lowest BCUT2D eigenvalue weighted by Crippen LogP contribution is -1.92. The molecule has 0 nitrogen and oxygen atoms in total. The molecule has 1 heteroatoms. The van der Waals surface area contributed by atoms with Crippen LogP contribution >= 0.6 is 11.3 Å². The second kappa shape index (κ2) is 4.66. The Morgan fingerprint density at radius 3 is 2.50 bits per heavy atom. The van der Waals surface area contributed by atoms with Crippen LogP contribution in [-0.2, 0) is 0 Å². The van der Waals surface area contributed by atoms with E-state index in [0.717, 1.165) is 5.92 Å². The van der Waals surface area contributed by atoms with Gasteiger partial charge in [0, 0.05) is 9.75 Å². The summed E-state index contributed by atoms with van der Waals surface area (Å²) >= 11 is 1.96. The number of hydrogen-bond acceptors (Lipinski definition) is 1. The Morgan fingerprint density at radius 1 is 1.33 bits per heavy atom. The van der Waals surface area contributed by atoms with Crippen LogP contribution in [0.3, 0.4) is 0 Å². The van der Waals surface area contributed by atoms with Gasteiger partial charge in [0.25, 0.3) is 0 Å². The fourth-order valence-corrected chi connectivity index (χ4v) is 2.66. The van der Waals surface area contributed by atoms with Gasteiger partial charge in [0.2, 0.25) is 0 Å². The van der Waals surface area contributed by atoms with Crippen molar-refractivity contribution in [3.05, 3.63) is 21.9 Å². The first-order valence-electron chi connectivity index (χ1n) is 4.84. The fraction of sp³-hybridized carbons (Fsp3) is 0.636. The van der Waals surface area contributed by atoms with Crippen LogP contribution < -0.4 is 0 Å². The van der Waals surface area contributed by atoms with Crippen LogP contribution in [-0.4, -0.2) is 0 Å². The van der Waals surface area contributed by atoms with E-state index in [1.165, 1.54) is 24.1 Å². The lowest BCUT2D eigenvalue weighted by Gasteiger charge is -2.10. The van der Waals surface area contributed by atoms with Gasteiger partial charge in [0.1, 0.15) is 0 Å². The Balaban J connectivity index is 2.66. The molecule has 1 heterocycles. The van der Waals surface area contributed by atoms with Gasteiger partial charge in [0.15, 0.2) is 0 Å². The van der Waals surface area contributed by atoms with Gasteiger partial charge in [-0.3, -0.25) is 0 Å². The third-order valence-electron chi connectivity index (χ3n) is 2.29. The Hall–Kier alpha value is -0.300. The summed E-state index contributed by atoms with van der Waals surface area (Å²) in [5.74, 6) is 0.814. The van der Waals surface area contributed by atoms with E-state index in [0.29, 0.717) is 0 Å². The van der Waals surface area contributed by atoms with Crippen LogP contribution in [0.1, 0.15) is 48.8 Å². The minimum Gasteiger partial charge on any atom is -0.145 e. The molecule has 0 N–H and O–H groups in total. The molecule has 0 aromatic carbocycles. The summed E-state index contributed by atoms with van der Waals surface area (Å²) in [6.07, 6.45) is 3.93. The van der Waals surface area contributed by atoms with Gasteiger partial charge in [-0.05, 0) is 37.8 Å². The minimum atomic E-state index is 0.814. The van der Waals surface area contributed by atoms with Crippen LogP contribution in [0.4, 0.5) is 0 Å². The molecule has 0 amide bonds. The molecule has 0 saturated heterocycles. The zero-order valence-electron chi connectivity index (χ0n) is 8.26. The second-order valence-corrected chi connectivity index (χ2v) is 4.66. The molecule has 1 unspecified atom stereocenters. The minimum absolute atomic E-state index is 0.814. The van der Waals surface area contributed by atoms with E-state index in [4.69, 9.17) is 0 Å². The van der Waals surface area contributed by atoms with Crippen molar-refractivity contribution >= 4 is 11.3 Å².